The molecule has 0 atom stereocenters. The zero-order valence-electron chi connectivity index (χ0n) is 11.9. The Hall–Kier alpha value is -1.11. The number of hydrogen-bond acceptors (Lipinski definition) is 4. The van der Waals surface area contributed by atoms with Crippen LogP contribution in [-0.4, -0.2) is 39.0 Å². The molecular weight excluding hydrogens is 274 g/mol. The van der Waals surface area contributed by atoms with E-state index in [9.17, 15) is 8.42 Å². The van der Waals surface area contributed by atoms with Crippen molar-refractivity contribution in [3.63, 3.8) is 0 Å². The molecule has 2 rings (SSSR count). The van der Waals surface area contributed by atoms with Gasteiger partial charge in [0.1, 0.15) is 0 Å². The SMILES string of the molecule is CCCN1CCC(Nc2cccc(S(N)(=O)=O)c2)CC1. The lowest BCUT2D eigenvalue weighted by Gasteiger charge is -2.32. The van der Waals surface area contributed by atoms with Crippen molar-refractivity contribution in [2.24, 2.45) is 5.14 Å². The monoisotopic (exact) mass is 297 g/mol. The summed E-state index contributed by atoms with van der Waals surface area (Å²) in [6.07, 6.45) is 3.35. The predicted octanol–water partition coefficient (Wildman–Crippen LogP) is 1.62. The highest BCUT2D eigenvalue weighted by molar-refractivity contribution is 7.89. The van der Waals surface area contributed by atoms with E-state index in [1.165, 1.54) is 12.5 Å². The first-order valence-corrected chi connectivity index (χ1v) is 8.65. The summed E-state index contributed by atoms with van der Waals surface area (Å²) in [5, 5.41) is 8.56. The lowest BCUT2D eigenvalue weighted by Crippen LogP contribution is -2.39. The Morgan fingerprint density at radius 3 is 2.65 bits per heavy atom. The maximum absolute atomic E-state index is 11.3. The summed E-state index contributed by atoms with van der Waals surface area (Å²) in [5.74, 6) is 0. The van der Waals surface area contributed by atoms with Crippen LogP contribution in [0.25, 0.3) is 0 Å². The van der Waals surface area contributed by atoms with Crippen molar-refractivity contribution in [3.8, 4) is 0 Å². The van der Waals surface area contributed by atoms with Crippen LogP contribution in [0.2, 0.25) is 0 Å². The number of hydrogen-bond donors (Lipinski definition) is 2. The molecule has 3 N–H and O–H groups in total. The molecule has 0 radical (unpaired) electrons. The van der Waals surface area contributed by atoms with E-state index in [1.807, 2.05) is 6.07 Å². The molecule has 0 aromatic heterocycles. The van der Waals surface area contributed by atoms with Crippen molar-refractivity contribution in [1.82, 2.24) is 4.90 Å². The Morgan fingerprint density at radius 2 is 2.05 bits per heavy atom. The quantitative estimate of drug-likeness (QED) is 0.866. The second-order valence-corrected chi connectivity index (χ2v) is 6.89. The van der Waals surface area contributed by atoms with Crippen molar-refractivity contribution in [3.05, 3.63) is 24.3 Å². The van der Waals surface area contributed by atoms with Gasteiger partial charge in [0.15, 0.2) is 0 Å². The number of piperidine rings is 1. The number of nitrogens with two attached hydrogens (primary N) is 1. The number of nitrogens with zero attached hydrogens (tertiary/aromatic N) is 1. The maximum atomic E-state index is 11.3. The fourth-order valence-corrected chi connectivity index (χ4v) is 3.18. The van der Waals surface area contributed by atoms with Gasteiger partial charge in [-0.2, -0.15) is 0 Å². The molecule has 1 heterocycles. The van der Waals surface area contributed by atoms with Crippen LogP contribution in [0.3, 0.4) is 0 Å². The largest absolute Gasteiger partial charge is 0.382 e. The van der Waals surface area contributed by atoms with E-state index in [2.05, 4.69) is 17.1 Å². The molecule has 0 unspecified atom stereocenters. The topological polar surface area (TPSA) is 75.4 Å². The lowest BCUT2D eigenvalue weighted by molar-refractivity contribution is 0.219. The minimum atomic E-state index is -3.63. The lowest BCUT2D eigenvalue weighted by atomic mass is 10.0. The van der Waals surface area contributed by atoms with Crippen molar-refractivity contribution in [1.29, 1.82) is 0 Å². The number of sulfonamides is 1. The van der Waals surface area contributed by atoms with Gasteiger partial charge in [0, 0.05) is 24.8 Å². The fraction of sp³-hybridized carbons (Fsp3) is 0.571. The van der Waals surface area contributed by atoms with Crippen molar-refractivity contribution in [2.45, 2.75) is 37.1 Å². The van der Waals surface area contributed by atoms with E-state index in [0.717, 1.165) is 38.2 Å². The van der Waals surface area contributed by atoms with Crippen LogP contribution >= 0.6 is 0 Å². The molecule has 0 spiro atoms. The molecule has 1 aromatic carbocycles. The van der Waals surface area contributed by atoms with Crippen molar-refractivity contribution < 1.29 is 8.42 Å². The number of primary sulfonamides is 1. The van der Waals surface area contributed by atoms with Crippen LogP contribution in [0.5, 0.6) is 0 Å². The number of rotatable bonds is 5. The van der Waals surface area contributed by atoms with Crippen LogP contribution < -0.4 is 10.5 Å². The van der Waals surface area contributed by atoms with Gasteiger partial charge in [-0.25, -0.2) is 13.6 Å². The van der Waals surface area contributed by atoms with Crippen LogP contribution in [0, 0.1) is 0 Å². The van der Waals surface area contributed by atoms with Gasteiger partial charge in [-0.3, -0.25) is 0 Å². The van der Waals surface area contributed by atoms with E-state index in [-0.39, 0.29) is 4.90 Å². The first-order valence-electron chi connectivity index (χ1n) is 7.11. The summed E-state index contributed by atoms with van der Waals surface area (Å²) in [4.78, 5) is 2.63. The molecule has 6 heteroatoms. The summed E-state index contributed by atoms with van der Waals surface area (Å²) in [7, 11) is -3.63. The summed E-state index contributed by atoms with van der Waals surface area (Å²) >= 11 is 0. The molecular formula is C14H23N3O2S. The minimum absolute atomic E-state index is 0.158. The molecule has 112 valence electrons. The second kappa shape index (κ2) is 6.56. The average molecular weight is 297 g/mol. The second-order valence-electron chi connectivity index (χ2n) is 5.33. The van der Waals surface area contributed by atoms with Crippen LogP contribution in [-0.2, 0) is 10.0 Å². The third-order valence-electron chi connectivity index (χ3n) is 3.66. The molecule has 0 amide bonds. The molecule has 0 aliphatic carbocycles. The molecule has 1 fully saturated rings. The summed E-state index contributed by atoms with van der Waals surface area (Å²) in [6, 6.07) is 7.12. The number of nitrogens with one attached hydrogen (secondary N) is 1. The predicted molar refractivity (Wildman–Crippen MR) is 81.2 cm³/mol. The van der Waals surface area contributed by atoms with Crippen LogP contribution in [0.15, 0.2) is 29.2 Å². The van der Waals surface area contributed by atoms with Gasteiger partial charge in [-0.05, 0) is 44.0 Å². The average Bonchev–Trinajstić information content (AvgIpc) is 2.41. The van der Waals surface area contributed by atoms with E-state index < -0.39 is 10.0 Å². The molecule has 5 nitrogen and oxygen atoms in total. The Morgan fingerprint density at radius 1 is 1.35 bits per heavy atom. The highest BCUT2D eigenvalue weighted by Crippen LogP contribution is 2.19. The Kier molecular flexibility index (Phi) is 5.01. The zero-order chi connectivity index (χ0) is 14.6. The molecule has 1 aliphatic heterocycles. The third-order valence-corrected chi connectivity index (χ3v) is 4.57. The van der Waals surface area contributed by atoms with Gasteiger partial charge < -0.3 is 10.2 Å². The number of likely N-dealkylation sites (tertiary alicyclic amines) is 1. The molecule has 1 aliphatic rings. The fourth-order valence-electron chi connectivity index (χ4n) is 2.62. The molecule has 1 aromatic rings. The van der Waals surface area contributed by atoms with Gasteiger partial charge in [0.2, 0.25) is 10.0 Å². The standard InChI is InChI=1S/C14H23N3O2S/c1-2-8-17-9-6-12(7-10-17)16-13-4-3-5-14(11-13)20(15,18)19/h3-5,11-12,16H,2,6-10H2,1H3,(H2,15,18,19). The van der Waals surface area contributed by atoms with Crippen LogP contribution in [0.4, 0.5) is 5.69 Å². The Bertz CT molecular complexity index is 537. The smallest absolute Gasteiger partial charge is 0.238 e. The first-order chi connectivity index (χ1) is 9.49. The minimum Gasteiger partial charge on any atom is -0.382 e. The zero-order valence-corrected chi connectivity index (χ0v) is 12.7. The van der Waals surface area contributed by atoms with E-state index in [4.69, 9.17) is 5.14 Å². The molecule has 20 heavy (non-hydrogen) atoms. The van der Waals surface area contributed by atoms with E-state index >= 15 is 0 Å². The first kappa shape index (κ1) is 15.3. The Balaban J connectivity index is 1.95. The molecule has 1 saturated heterocycles. The van der Waals surface area contributed by atoms with Gasteiger partial charge in [-0.15, -0.1) is 0 Å². The van der Waals surface area contributed by atoms with Gasteiger partial charge in [-0.1, -0.05) is 13.0 Å². The van der Waals surface area contributed by atoms with Crippen molar-refractivity contribution >= 4 is 15.7 Å². The van der Waals surface area contributed by atoms with Crippen molar-refractivity contribution in [2.75, 3.05) is 25.0 Å². The third kappa shape index (κ3) is 4.19. The van der Waals surface area contributed by atoms with Gasteiger partial charge in [0.05, 0.1) is 4.90 Å². The van der Waals surface area contributed by atoms with E-state index in [0.29, 0.717) is 6.04 Å². The highest BCUT2D eigenvalue weighted by Gasteiger charge is 2.18. The maximum Gasteiger partial charge on any atom is 0.238 e. The highest BCUT2D eigenvalue weighted by atomic mass is 32.2. The van der Waals surface area contributed by atoms with Crippen LogP contribution in [0.1, 0.15) is 26.2 Å². The number of benzene rings is 1. The molecule has 0 bridgehead atoms. The summed E-state index contributed by atoms with van der Waals surface area (Å²) in [5.41, 5.74) is 0.825. The molecule has 0 saturated carbocycles. The summed E-state index contributed by atoms with van der Waals surface area (Å²) < 4.78 is 22.7. The normalized spacial score (nSPS) is 18.1. The Labute approximate surface area is 121 Å². The summed E-state index contributed by atoms with van der Waals surface area (Å²) in [6.45, 7) is 5.55. The number of anilines is 1. The van der Waals surface area contributed by atoms with E-state index in [1.54, 1.807) is 12.1 Å². The van der Waals surface area contributed by atoms with Gasteiger partial charge in [0.25, 0.3) is 0 Å². The van der Waals surface area contributed by atoms with Gasteiger partial charge >= 0.3 is 0 Å².